The second kappa shape index (κ2) is 54.7. The fraction of sp³-hybridized carbons (Fsp3) is 0.783. The summed E-state index contributed by atoms with van der Waals surface area (Å²) in [6, 6.07) is 0. The molecule has 0 amide bonds. The van der Waals surface area contributed by atoms with Crippen LogP contribution < -0.4 is 0 Å². The van der Waals surface area contributed by atoms with Gasteiger partial charge in [0.05, 0.1) is 6.42 Å². The van der Waals surface area contributed by atoms with E-state index < -0.39 is 12.1 Å². The van der Waals surface area contributed by atoms with E-state index in [0.29, 0.717) is 12.8 Å². The maximum atomic E-state index is 12.8. The largest absolute Gasteiger partial charge is 0.462 e. The molecule has 6 heteroatoms. The Labute approximate surface area is 409 Å². The molecular weight excluding hydrogens is 817 g/mol. The van der Waals surface area contributed by atoms with Crippen molar-refractivity contribution in [3.8, 4) is 0 Å². The maximum Gasteiger partial charge on any atom is 0.310 e. The van der Waals surface area contributed by atoms with E-state index in [2.05, 4.69) is 69.4 Å². The van der Waals surface area contributed by atoms with Crippen molar-refractivity contribution in [3.63, 3.8) is 0 Å². The van der Waals surface area contributed by atoms with E-state index >= 15 is 0 Å². The third-order valence-electron chi connectivity index (χ3n) is 12.3. The summed E-state index contributed by atoms with van der Waals surface area (Å²) in [5.74, 6) is -1.03. The SMILES string of the molecule is CC/C=C\C/C=C\C/C=C\C/C=C\C/C=C\CC(=O)OC(COC(=O)CCCCCCCCCCCCCCC)COC(=O)CCCCCCCCCCCCCCCCCCCCCC. The fourth-order valence-electron chi connectivity index (χ4n) is 8.11. The summed E-state index contributed by atoms with van der Waals surface area (Å²) in [7, 11) is 0. The summed E-state index contributed by atoms with van der Waals surface area (Å²) in [6.45, 7) is 6.47. The zero-order valence-corrected chi connectivity index (χ0v) is 43.7. The first-order valence-corrected chi connectivity index (χ1v) is 28.3. The van der Waals surface area contributed by atoms with Gasteiger partial charge in [0, 0.05) is 12.8 Å². The standard InChI is InChI=1S/C60H106O6/c1-4-7-10-13-16-19-22-25-27-28-29-30-31-33-35-38-41-44-47-50-53-59(62)65-56-57(55-64-58(61)52-49-46-43-40-37-34-24-21-18-15-12-9-6-3)66-60(63)54-51-48-45-42-39-36-32-26-23-20-17-14-11-8-5-2/h8,11,17,20,26,32,39,42,48,51,57H,4-7,9-10,12-16,18-19,21-25,27-31,33-38,40-41,43-47,49-50,52-56H2,1-3H3/b11-8-,20-17-,32-26-,42-39-,51-48-. The van der Waals surface area contributed by atoms with Crippen LogP contribution in [-0.4, -0.2) is 37.2 Å². The molecule has 0 radical (unpaired) electrons. The highest BCUT2D eigenvalue weighted by Gasteiger charge is 2.19. The molecule has 0 spiro atoms. The van der Waals surface area contributed by atoms with E-state index in [1.54, 1.807) is 6.08 Å². The average molecular weight is 924 g/mol. The topological polar surface area (TPSA) is 78.9 Å². The number of unbranched alkanes of at least 4 members (excludes halogenated alkanes) is 31. The Kier molecular flexibility index (Phi) is 52.3. The van der Waals surface area contributed by atoms with Gasteiger partial charge in [0.15, 0.2) is 6.10 Å². The molecule has 0 saturated carbocycles. The Balaban J connectivity index is 4.39. The number of rotatable bonds is 51. The lowest BCUT2D eigenvalue weighted by Crippen LogP contribution is -2.30. The van der Waals surface area contributed by atoms with Gasteiger partial charge in [-0.15, -0.1) is 0 Å². The normalized spacial score (nSPS) is 12.5. The third kappa shape index (κ3) is 52.1. The quantitative estimate of drug-likeness (QED) is 0.0262. The number of carbonyl (C=O) groups is 3. The monoisotopic (exact) mass is 923 g/mol. The summed E-state index contributed by atoms with van der Waals surface area (Å²) < 4.78 is 16.7. The van der Waals surface area contributed by atoms with E-state index in [1.807, 2.05) is 6.08 Å². The number of esters is 3. The van der Waals surface area contributed by atoms with Crippen LogP contribution >= 0.6 is 0 Å². The molecule has 6 nitrogen and oxygen atoms in total. The van der Waals surface area contributed by atoms with E-state index in [0.717, 1.165) is 70.6 Å². The van der Waals surface area contributed by atoms with Crippen molar-refractivity contribution in [2.45, 2.75) is 290 Å². The maximum absolute atomic E-state index is 12.8. The molecule has 0 aliphatic heterocycles. The van der Waals surface area contributed by atoms with Gasteiger partial charge in [-0.2, -0.15) is 0 Å². The van der Waals surface area contributed by atoms with Gasteiger partial charge in [-0.25, -0.2) is 0 Å². The molecule has 0 rings (SSSR count). The highest BCUT2D eigenvalue weighted by atomic mass is 16.6. The van der Waals surface area contributed by atoms with Crippen molar-refractivity contribution in [3.05, 3.63) is 60.8 Å². The molecule has 66 heavy (non-hydrogen) atoms. The minimum atomic E-state index is -0.824. The van der Waals surface area contributed by atoms with Crippen LogP contribution in [0.3, 0.4) is 0 Å². The Bertz CT molecular complexity index is 1200. The summed E-state index contributed by atoms with van der Waals surface area (Å²) in [5, 5.41) is 0. The van der Waals surface area contributed by atoms with Gasteiger partial charge < -0.3 is 14.2 Å². The highest BCUT2D eigenvalue weighted by Crippen LogP contribution is 2.17. The molecule has 0 aromatic carbocycles. The number of hydrogen-bond acceptors (Lipinski definition) is 6. The van der Waals surface area contributed by atoms with Crippen molar-refractivity contribution in [2.24, 2.45) is 0 Å². The van der Waals surface area contributed by atoms with Gasteiger partial charge in [0.1, 0.15) is 13.2 Å². The molecule has 0 aromatic rings. The molecule has 0 aliphatic rings. The molecule has 0 fully saturated rings. The Morgan fingerprint density at radius 1 is 0.318 bits per heavy atom. The molecule has 0 N–H and O–H groups in total. The molecule has 0 aromatic heterocycles. The predicted molar refractivity (Wildman–Crippen MR) is 284 cm³/mol. The van der Waals surface area contributed by atoms with Gasteiger partial charge >= 0.3 is 17.9 Å². The van der Waals surface area contributed by atoms with Crippen molar-refractivity contribution < 1.29 is 28.6 Å². The number of carbonyl (C=O) groups excluding carboxylic acids is 3. The molecule has 1 unspecified atom stereocenters. The van der Waals surface area contributed by atoms with Crippen LogP contribution in [0.2, 0.25) is 0 Å². The van der Waals surface area contributed by atoms with Crippen LogP contribution in [0.5, 0.6) is 0 Å². The lowest BCUT2D eigenvalue weighted by atomic mass is 10.0. The fourth-order valence-corrected chi connectivity index (χ4v) is 8.11. The van der Waals surface area contributed by atoms with Crippen LogP contribution in [-0.2, 0) is 28.6 Å². The van der Waals surface area contributed by atoms with Crippen molar-refractivity contribution in [1.82, 2.24) is 0 Å². The zero-order valence-electron chi connectivity index (χ0n) is 43.7. The van der Waals surface area contributed by atoms with Crippen molar-refractivity contribution >= 4 is 17.9 Å². The van der Waals surface area contributed by atoms with Crippen molar-refractivity contribution in [2.75, 3.05) is 13.2 Å². The molecule has 0 heterocycles. The first kappa shape index (κ1) is 63.1. The average Bonchev–Trinajstić information content (AvgIpc) is 3.31. The van der Waals surface area contributed by atoms with Gasteiger partial charge in [-0.05, 0) is 44.9 Å². The lowest BCUT2D eigenvalue weighted by Gasteiger charge is -2.18. The summed E-state index contributed by atoms with van der Waals surface area (Å²) in [6.07, 6.45) is 68.1. The Hall–Kier alpha value is -2.89. The third-order valence-corrected chi connectivity index (χ3v) is 12.3. The summed E-state index contributed by atoms with van der Waals surface area (Å²) in [5.41, 5.74) is 0. The van der Waals surface area contributed by atoms with Crippen molar-refractivity contribution in [1.29, 1.82) is 0 Å². The first-order valence-electron chi connectivity index (χ1n) is 28.3. The van der Waals surface area contributed by atoms with Crippen LogP contribution in [0.1, 0.15) is 284 Å². The molecule has 0 saturated heterocycles. The van der Waals surface area contributed by atoms with Gasteiger partial charge in [0.2, 0.25) is 0 Å². The molecule has 0 aliphatic carbocycles. The van der Waals surface area contributed by atoms with Gasteiger partial charge in [0.25, 0.3) is 0 Å². The predicted octanol–water partition coefficient (Wildman–Crippen LogP) is 18.8. The molecule has 1 atom stereocenters. The first-order chi connectivity index (χ1) is 32.5. The highest BCUT2D eigenvalue weighted by molar-refractivity contribution is 5.72. The van der Waals surface area contributed by atoms with Gasteiger partial charge in [-0.3, -0.25) is 14.4 Å². The second-order valence-electron chi connectivity index (χ2n) is 18.9. The van der Waals surface area contributed by atoms with Crippen LogP contribution in [0.4, 0.5) is 0 Å². The van der Waals surface area contributed by atoms with Gasteiger partial charge in [-0.1, -0.05) is 281 Å². The Morgan fingerprint density at radius 2 is 0.576 bits per heavy atom. The number of ether oxygens (including phenoxy) is 3. The lowest BCUT2D eigenvalue weighted by molar-refractivity contribution is -0.166. The summed E-state index contributed by atoms with van der Waals surface area (Å²) >= 11 is 0. The van der Waals surface area contributed by atoms with E-state index in [4.69, 9.17) is 14.2 Å². The second-order valence-corrected chi connectivity index (χ2v) is 18.9. The molecule has 0 bridgehead atoms. The summed E-state index contributed by atoms with van der Waals surface area (Å²) in [4.78, 5) is 38.0. The number of hydrogen-bond donors (Lipinski definition) is 0. The minimum absolute atomic E-state index is 0.101. The number of allylic oxidation sites excluding steroid dienone is 9. The van der Waals surface area contributed by atoms with Crippen LogP contribution in [0.25, 0.3) is 0 Å². The van der Waals surface area contributed by atoms with E-state index in [-0.39, 0.29) is 31.6 Å². The minimum Gasteiger partial charge on any atom is -0.462 e. The molecular formula is C60H106O6. The zero-order chi connectivity index (χ0) is 47.9. The van der Waals surface area contributed by atoms with Crippen LogP contribution in [0.15, 0.2) is 60.8 Å². The van der Waals surface area contributed by atoms with E-state index in [9.17, 15) is 14.4 Å². The smallest absolute Gasteiger partial charge is 0.310 e. The Morgan fingerprint density at radius 3 is 0.864 bits per heavy atom. The molecule has 382 valence electrons. The van der Waals surface area contributed by atoms with Crippen LogP contribution in [0, 0.1) is 0 Å². The van der Waals surface area contributed by atoms with E-state index in [1.165, 1.54) is 173 Å².